The number of sulfonamides is 2. The zero-order chi connectivity index (χ0) is 25.8. The maximum absolute atomic E-state index is 13.1. The van der Waals surface area contributed by atoms with Crippen LogP contribution in [-0.2, 0) is 24.8 Å². The predicted molar refractivity (Wildman–Crippen MR) is 140 cm³/mol. The number of hydrogen-bond donors (Lipinski definition) is 1. The van der Waals surface area contributed by atoms with E-state index >= 15 is 0 Å². The molecule has 2 aromatic rings. The summed E-state index contributed by atoms with van der Waals surface area (Å²) in [6.07, 6.45) is 2.33. The molecule has 0 spiro atoms. The smallest absolute Gasteiger partial charge is 0.261 e. The van der Waals surface area contributed by atoms with E-state index in [9.17, 15) is 21.6 Å². The van der Waals surface area contributed by atoms with Gasteiger partial charge in [-0.05, 0) is 55.7 Å². The van der Waals surface area contributed by atoms with Crippen LogP contribution in [0.4, 0.5) is 11.4 Å². The van der Waals surface area contributed by atoms with Crippen molar-refractivity contribution in [3.63, 3.8) is 0 Å². The first-order valence-electron chi connectivity index (χ1n) is 11.6. The number of rotatable bonds is 9. The monoisotopic (exact) mass is 524 g/mol. The lowest BCUT2D eigenvalue weighted by Gasteiger charge is -2.35. The fourth-order valence-corrected chi connectivity index (χ4v) is 6.14. The van der Waals surface area contributed by atoms with Gasteiger partial charge in [0.05, 0.1) is 21.2 Å². The summed E-state index contributed by atoms with van der Waals surface area (Å²) in [6.45, 7) is 4.08. The highest BCUT2D eigenvalue weighted by molar-refractivity contribution is 7.92. The third kappa shape index (κ3) is 6.14. The average molecular weight is 525 g/mol. The molecule has 11 heteroatoms. The van der Waals surface area contributed by atoms with Gasteiger partial charge in [-0.15, -0.1) is 0 Å². The van der Waals surface area contributed by atoms with Crippen LogP contribution < -0.4 is 9.62 Å². The molecule has 1 N–H and O–H groups in total. The van der Waals surface area contributed by atoms with E-state index in [4.69, 9.17) is 0 Å². The molecular formula is C24H36N4O5S2. The summed E-state index contributed by atoms with van der Waals surface area (Å²) in [5.41, 5.74) is 1.18. The Morgan fingerprint density at radius 1 is 0.971 bits per heavy atom. The van der Waals surface area contributed by atoms with Crippen molar-refractivity contribution >= 4 is 37.3 Å². The molecule has 0 atom stereocenters. The van der Waals surface area contributed by atoms with Crippen LogP contribution in [0.1, 0.15) is 27.6 Å². The number of nitrogens with zero attached hydrogens (tertiary/aromatic N) is 3. The number of anilines is 2. The number of carbonyl (C=O) groups is 1. The molecule has 1 amide bonds. The minimum absolute atomic E-state index is 0. The van der Waals surface area contributed by atoms with Gasteiger partial charge in [0.2, 0.25) is 15.9 Å². The highest BCUT2D eigenvalue weighted by Crippen LogP contribution is 2.32. The molecule has 1 fully saturated rings. The SMILES string of the molecule is CCCN(C)C(=O)C1CCN(c2ccccc2NS(=O)(=O)c2ccc(S(=O)(=O)N(C)C)cc2)CC1.[HH]. The lowest BCUT2D eigenvalue weighted by atomic mass is 9.95. The van der Waals surface area contributed by atoms with Crippen LogP contribution in [0.2, 0.25) is 0 Å². The molecule has 0 saturated carbocycles. The number of benzene rings is 2. The largest absolute Gasteiger partial charge is 0.370 e. The summed E-state index contributed by atoms with van der Waals surface area (Å²) in [7, 11) is -2.93. The summed E-state index contributed by atoms with van der Waals surface area (Å²) in [5, 5.41) is 0. The molecule has 0 bridgehead atoms. The first kappa shape index (κ1) is 27.0. The molecule has 9 nitrogen and oxygen atoms in total. The molecule has 2 aromatic carbocycles. The topological polar surface area (TPSA) is 107 Å². The van der Waals surface area contributed by atoms with Gasteiger partial charge in [-0.25, -0.2) is 21.1 Å². The number of amides is 1. The highest BCUT2D eigenvalue weighted by atomic mass is 32.2. The van der Waals surface area contributed by atoms with Crippen molar-refractivity contribution in [2.45, 2.75) is 36.0 Å². The van der Waals surface area contributed by atoms with E-state index in [1.807, 2.05) is 26.1 Å². The summed E-state index contributed by atoms with van der Waals surface area (Å²) >= 11 is 0. The third-order valence-corrected chi connectivity index (χ3v) is 9.39. The van der Waals surface area contributed by atoms with E-state index in [-0.39, 0.29) is 23.0 Å². The van der Waals surface area contributed by atoms with Crippen molar-refractivity contribution in [3.05, 3.63) is 48.5 Å². The van der Waals surface area contributed by atoms with Crippen LogP contribution in [-0.4, -0.2) is 72.7 Å². The van der Waals surface area contributed by atoms with E-state index < -0.39 is 20.0 Å². The van der Waals surface area contributed by atoms with Gasteiger partial charge in [-0.1, -0.05) is 19.1 Å². The fraction of sp³-hybridized carbons (Fsp3) is 0.458. The van der Waals surface area contributed by atoms with Crippen molar-refractivity contribution < 1.29 is 23.1 Å². The van der Waals surface area contributed by atoms with Crippen molar-refractivity contribution in [3.8, 4) is 0 Å². The van der Waals surface area contributed by atoms with Crippen molar-refractivity contribution in [2.75, 3.05) is 50.4 Å². The molecule has 3 rings (SSSR count). The zero-order valence-corrected chi connectivity index (χ0v) is 22.3. The summed E-state index contributed by atoms with van der Waals surface area (Å²) in [5.74, 6) is 0.142. The quantitative estimate of drug-likeness (QED) is 0.540. The van der Waals surface area contributed by atoms with Crippen molar-refractivity contribution in [1.29, 1.82) is 0 Å². The molecule has 0 aromatic heterocycles. The molecule has 1 aliphatic rings. The molecule has 1 heterocycles. The van der Waals surface area contributed by atoms with Gasteiger partial charge in [-0.3, -0.25) is 9.52 Å². The maximum Gasteiger partial charge on any atom is 0.261 e. The fourth-order valence-electron chi connectivity index (χ4n) is 4.17. The first-order valence-corrected chi connectivity index (χ1v) is 14.5. The Balaban J connectivity index is 0.00000456. The standard InChI is InChI=1S/C24H34N4O5S2.H2/c1-5-16-27(4)24(29)19-14-17-28(18-15-19)23-9-7-6-8-22(23)25-34(30,31)20-10-12-21(13-11-20)35(32,33)26(2)3;/h6-13,19,25H,5,14-18H2,1-4H3;1H. The molecule has 35 heavy (non-hydrogen) atoms. The van der Waals surface area contributed by atoms with Crippen LogP contribution >= 0.6 is 0 Å². The van der Waals surface area contributed by atoms with Gasteiger partial charge in [0.1, 0.15) is 0 Å². The lowest BCUT2D eigenvalue weighted by Crippen LogP contribution is -2.41. The minimum Gasteiger partial charge on any atom is -0.370 e. The van der Waals surface area contributed by atoms with E-state index in [1.54, 1.807) is 17.0 Å². The van der Waals surface area contributed by atoms with Gasteiger partial charge >= 0.3 is 0 Å². The van der Waals surface area contributed by atoms with Gasteiger partial charge < -0.3 is 9.80 Å². The minimum atomic E-state index is -3.94. The molecule has 1 aliphatic heterocycles. The number of carbonyl (C=O) groups excluding carboxylic acids is 1. The highest BCUT2D eigenvalue weighted by Gasteiger charge is 2.28. The van der Waals surface area contributed by atoms with Gasteiger partial charge in [-0.2, -0.15) is 0 Å². The summed E-state index contributed by atoms with van der Waals surface area (Å²) in [4.78, 5) is 16.5. The summed E-state index contributed by atoms with van der Waals surface area (Å²) < 4.78 is 54.4. The van der Waals surface area contributed by atoms with E-state index in [2.05, 4.69) is 9.62 Å². The van der Waals surface area contributed by atoms with E-state index in [1.165, 1.54) is 38.4 Å². The Hall–Kier alpha value is -2.63. The number of piperidine rings is 1. The Morgan fingerprint density at radius 3 is 2.11 bits per heavy atom. The van der Waals surface area contributed by atoms with Crippen LogP contribution in [0.3, 0.4) is 0 Å². The number of nitrogens with one attached hydrogen (secondary N) is 1. The predicted octanol–water partition coefficient (Wildman–Crippen LogP) is 3.07. The van der Waals surface area contributed by atoms with Gasteiger partial charge in [0.15, 0.2) is 0 Å². The Morgan fingerprint density at radius 2 is 1.54 bits per heavy atom. The normalized spacial score (nSPS) is 15.3. The molecule has 0 radical (unpaired) electrons. The Kier molecular flexibility index (Phi) is 8.45. The van der Waals surface area contributed by atoms with Crippen molar-refractivity contribution in [1.82, 2.24) is 9.21 Å². The van der Waals surface area contributed by atoms with E-state index in [0.29, 0.717) is 31.6 Å². The lowest BCUT2D eigenvalue weighted by molar-refractivity contribution is -0.134. The van der Waals surface area contributed by atoms with Crippen LogP contribution in [0, 0.1) is 5.92 Å². The molecule has 1 saturated heterocycles. The number of hydrogen-bond acceptors (Lipinski definition) is 6. The average Bonchev–Trinajstić information content (AvgIpc) is 2.84. The van der Waals surface area contributed by atoms with Crippen LogP contribution in [0.25, 0.3) is 0 Å². The van der Waals surface area contributed by atoms with E-state index in [0.717, 1.165) is 23.0 Å². The van der Waals surface area contributed by atoms with Gasteiger partial charge in [0, 0.05) is 48.1 Å². The molecular weight excluding hydrogens is 488 g/mol. The second-order valence-electron chi connectivity index (χ2n) is 8.90. The van der Waals surface area contributed by atoms with Crippen LogP contribution in [0.15, 0.2) is 58.3 Å². The summed E-state index contributed by atoms with van der Waals surface area (Å²) in [6, 6.07) is 12.3. The molecule has 0 unspecified atom stereocenters. The zero-order valence-electron chi connectivity index (χ0n) is 20.6. The first-order chi connectivity index (χ1) is 16.5. The maximum atomic E-state index is 13.1. The number of para-hydroxylation sites is 2. The Labute approximate surface area is 210 Å². The second-order valence-corrected chi connectivity index (χ2v) is 12.7. The van der Waals surface area contributed by atoms with Crippen molar-refractivity contribution in [2.24, 2.45) is 5.92 Å². The second kappa shape index (κ2) is 11.0. The van der Waals surface area contributed by atoms with Crippen LogP contribution in [0.5, 0.6) is 0 Å². The third-order valence-electron chi connectivity index (χ3n) is 6.18. The Bertz CT molecular complexity index is 1240. The molecule has 194 valence electrons. The molecule has 0 aliphatic carbocycles. The van der Waals surface area contributed by atoms with Gasteiger partial charge in [0.25, 0.3) is 10.0 Å².